The van der Waals surface area contributed by atoms with Gasteiger partial charge in [0.2, 0.25) is 0 Å². The smallest absolute Gasteiger partial charge is 0.397 e. The molecule has 0 radical (unpaired) electrons. The summed E-state index contributed by atoms with van der Waals surface area (Å²) in [7, 11) is 0. The standard InChI is InChI=1S/C9H9ClF3N3/c10-6-3-5(14)4-15-7(6)16-8(1-2-8)9(11,12)13/h3-4H,1-2,14H2,(H,15,16). The van der Waals surface area contributed by atoms with Gasteiger partial charge in [0, 0.05) is 0 Å². The van der Waals surface area contributed by atoms with Crippen LogP contribution in [0.5, 0.6) is 0 Å². The Hall–Kier alpha value is -1.17. The first kappa shape index (κ1) is 11.3. The van der Waals surface area contributed by atoms with E-state index in [4.69, 9.17) is 17.3 Å². The summed E-state index contributed by atoms with van der Waals surface area (Å²) in [5.74, 6) is 0.0192. The Kier molecular flexibility index (Phi) is 2.41. The third-order valence-corrected chi connectivity index (χ3v) is 2.80. The van der Waals surface area contributed by atoms with E-state index in [9.17, 15) is 13.2 Å². The fourth-order valence-electron chi connectivity index (χ4n) is 1.38. The van der Waals surface area contributed by atoms with Gasteiger partial charge in [-0.15, -0.1) is 0 Å². The van der Waals surface area contributed by atoms with Crippen molar-refractivity contribution in [2.45, 2.75) is 24.6 Å². The van der Waals surface area contributed by atoms with Crippen molar-refractivity contribution < 1.29 is 13.2 Å². The minimum atomic E-state index is -4.29. The van der Waals surface area contributed by atoms with Gasteiger partial charge in [0.15, 0.2) is 0 Å². The maximum Gasteiger partial charge on any atom is 0.411 e. The van der Waals surface area contributed by atoms with Crippen molar-refractivity contribution in [3.63, 3.8) is 0 Å². The van der Waals surface area contributed by atoms with Crippen LogP contribution in [0.2, 0.25) is 5.02 Å². The van der Waals surface area contributed by atoms with Gasteiger partial charge in [-0.1, -0.05) is 11.6 Å². The van der Waals surface area contributed by atoms with E-state index in [2.05, 4.69) is 10.3 Å². The molecule has 0 amide bonds. The Morgan fingerprint density at radius 1 is 1.44 bits per heavy atom. The number of aromatic nitrogens is 1. The summed E-state index contributed by atoms with van der Waals surface area (Å²) in [6, 6.07) is 1.36. The van der Waals surface area contributed by atoms with Crippen LogP contribution in [-0.4, -0.2) is 16.7 Å². The lowest BCUT2D eigenvalue weighted by molar-refractivity contribution is -0.151. The van der Waals surface area contributed by atoms with E-state index in [0.29, 0.717) is 5.69 Å². The highest BCUT2D eigenvalue weighted by Gasteiger charge is 2.63. The number of nitrogen functional groups attached to an aromatic ring is 1. The van der Waals surface area contributed by atoms with Crippen molar-refractivity contribution >= 4 is 23.1 Å². The van der Waals surface area contributed by atoms with Crippen LogP contribution < -0.4 is 11.1 Å². The topological polar surface area (TPSA) is 50.9 Å². The Balaban J connectivity index is 2.22. The Labute approximate surface area is 94.8 Å². The van der Waals surface area contributed by atoms with Gasteiger partial charge < -0.3 is 11.1 Å². The van der Waals surface area contributed by atoms with Gasteiger partial charge in [0.1, 0.15) is 11.4 Å². The molecule has 2 rings (SSSR count). The SMILES string of the molecule is Nc1cnc(NC2(C(F)(F)F)CC2)c(Cl)c1. The van der Waals surface area contributed by atoms with E-state index in [0.717, 1.165) is 0 Å². The zero-order valence-electron chi connectivity index (χ0n) is 8.11. The maximum absolute atomic E-state index is 12.6. The van der Waals surface area contributed by atoms with E-state index >= 15 is 0 Å². The van der Waals surface area contributed by atoms with Crippen molar-refractivity contribution in [1.82, 2.24) is 4.98 Å². The largest absolute Gasteiger partial charge is 0.411 e. The van der Waals surface area contributed by atoms with Crippen LogP contribution in [0.4, 0.5) is 24.7 Å². The molecule has 3 nitrogen and oxygen atoms in total. The average molecular weight is 252 g/mol. The highest BCUT2D eigenvalue weighted by atomic mass is 35.5. The zero-order chi connectivity index (χ0) is 12.0. The number of halogens is 4. The molecule has 0 aliphatic heterocycles. The molecule has 3 N–H and O–H groups in total. The first-order chi connectivity index (χ1) is 7.34. The Morgan fingerprint density at radius 3 is 2.50 bits per heavy atom. The Bertz CT molecular complexity index is 415. The fourth-order valence-corrected chi connectivity index (χ4v) is 1.60. The number of hydrogen-bond donors (Lipinski definition) is 2. The predicted molar refractivity (Wildman–Crippen MR) is 55.3 cm³/mol. The zero-order valence-corrected chi connectivity index (χ0v) is 8.86. The molecule has 1 saturated carbocycles. The van der Waals surface area contributed by atoms with Crippen LogP contribution in [0.15, 0.2) is 12.3 Å². The van der Waals surface area contributed by atoms with Gasteiger partial charge >= 0.3 is 6.18 Å². The number of nitrogens with two attached hydrogens (primary N) is 1. The molecule has 1 heterocycles. The van der Waals surface area contributed by atoms with E-state index < -0.39 is 11.7 Å². The molecule has 7 heteroatoms. The van der Waals surface area contributed by atoms with E-state index in [1.54, 1.807) is 0 Å². The molecule has 0 aromatic carbocycles. The summed E-state index contributed by atoms with van der Waals surface area (Å²) in [6.07, 6.45) is -2.95. The quantitative estimate of drug-likeness (QED) is 0.850. The molecule has 0 atom stereocenters. The molecule has 1 aromatic heterocycles. The van der Waals surface area contributed by atoms with Crippen molar-refractivity contribution in [2.75, 3.05) is 11.1 Å². The highest BCUT2D eigenvalue weighted by molar-refractivity contribution is 6.33. The van der Waals surface area contributed by atoms with E-state index in [-0.39, 0.29) is 23.7 Å². The lowest BCUT2D eigenvalue weighted by atomic mass is 10.2. The monoisotopic (exact) mass is 251 g/mol. The number of anilines is 2. The van der Waals surface area contributed by atoms with Gasteiger partial charge in [-0.2, -0.15) is 13.2 Å². The summed E-state index contributed by atoms with van der Waals surface area (Å²) < 4.78 is 37.9. The van der Waals surface area contributed by atoms with Crippen molar-refractivity contribution in [3.05, 3.63) is 17.3 Å². The second-order valence-corrected chi connectivity index (χ2v) is 4.21. The van der Waals surface area contributed by atoms with E-state index in [1.165, 1.54) is 12.3 Å². The molecule has 1 aliphatic rings. The normalized spacial score (nSPS) is 18.2. The van der Waals surface area contributed by atoms with Gasteiger partial charge in [0.05, 0.1) is 16.9 Å². The summed E-state index contributed by atoms with van der Waals surface area (Å²) >= 11 is 5.74. The lowest BCUT2D eigenvalue weighted by Crippen LogP contribution is -2.39. The van der Waals surface area contributed by atoms with Crippen LogP contribution in [-0.2, 0) is 0 Å². The molecule has 0 saturated heterocycles. The highest BCUT2D eigenvalue weighted by Crippen LogP contribution is 2.51. The minimum absolute atomic E-state index is 0.0192. The molecule has 1 aliphatic carbocycles. The van der Waals surface area contributed by atoms with Crippen LogP contribution in [0.3, 0.4) is 0 Å². The molecule has 0 bridgehead atoms. The predicted octanol–water partition coefficient (Wildman–Crippen LogP) is 2.82. The van der Waals surface area contributed by atoms with Crippen molar-refractivity contribution in [3.8, 4) is 0 Å². The molecule has 16 heavy (non-hydrogen) atoms. The van der Waals surface area contributed by atoms with Crippen LogP contribution in [0, 0.1) is 0 Å². The number of nitrogens with one attached hydrogen (secondary N) is 1. The molecule has 1 fully saturated rings. The first-order valence-corrected chi connectivity index (χ1v) is 4.98. The van der Waals surface area contributed by atoms with Crippen LogP contribution >= 0.6 is 11.6 Å². The van der Waals surface area contributed by atoms with Gasteiger partial charge in [-0.05, 0) is 18.9 Å². The molecule has 0 unspecified atom stereocenters. The minimum Gasteiger partial charge on any atom is -0.397 e. The van der Waals surface area contributed by atoms with E-state index in [1.807, 2.05) is 0 Å². The summed E-state index contributed by atoms with van der Waals surface area (Å²) in [5, 5.41) is 2.43. The first-order valence-electron chi connectivity index (χ1n) is 4.60. The summed E-state index contributed by atoms with van der Waals surface area (Å²) in [6.45, 7) is 0. The van der Waals surface area contributed by atoms with Gasteiger partial charge in [-0.3, -0.25) is 0 Å². The molecular formula is C9H9ClF3N3. The number of pyridine rings is 1. The molecule has 1 aromatic rings. The van der Waals surface area contributed by atoms with Crippen molar-refractivity contribution in [1.29, 1.82) is 0 Å². The second-order valence-electron chi connectivity index (χ2n) is 3.80. The third kappa shape index (κ3) is 1.89. The molecule has 0 spiro atoms. The summed E-state index contributed by atoms with van der Waals surface area (Å²) in [4.78, 5) is 3.75. The van der Waals surface area contributed by atoms with Gasteiger partial charge in [-0.25, -0.2) is 4.98 Å². The Morgan fingerprint density at radius 2 is 2.06 bits per heavy atom. The lowest BCUT2D eigenvalue weighted by Gasteiger charge is -2.21. The number of nitrogens with zero attached hydrogens (tertiary/aromatic N) is 1. The fraction of sp³-hybridized carbons (Fsp3) is 0.444. The average Bonchev–Trinajstić information content (AvgIpc) is 2.90. The molecule has 88 valence electrons. The number of rotatable bonds is 2. The molecular weight excluding hydrogens is 243 g/mol. The second kappa shape index (κ2) is 3.41. The van der Waals surface area contributed by atoms with Gasteiger partial charge in [0.25, 0.3) is 0 Å². The number of hydrogen-bond acceptors (Lipinski definition) is 3. The third-order valence-electron chi connectivity index (χ3n) is 2.51. The van der Waals surface area contributed by atoms with Crippen LogP contribution in [0.25, 0.3) is 0 Å². The summed E-state index contributed by atoms with van der Waals surface area (Å²) in [5.41, 5.74) is 3.85. The van der Waals surface area contributed by atoms with Crippen LogP contribution in [0.1, 0.15) is 12.8 Å². The maximum atomic E-state index is 12.6. The number of alkyl halides is 3. The van der Waals surface area contributed by atoms with Crippen molar-refractivity contribution in [2.24, 2.45) is 0 Å².